The zero-order valence-electron chi connectivity index (χ0n) is 30.3. The van der Waals surface area contributed by atoms with Gasteiger partial charge in [-0.15, -0.1) is 11.3 Å². The largest absolute Gasteiger partial charge is 0.456 e. The Labute approximate surface area is 328 Å². The Morgan fingerprint density at radius 3 is 1.86 bits per heavy atom. The van der Waals surface area contributed by atoms with Gasteiger partial charge in [0.25, 0.3) is 0 Å². The molecule has 56 heavy (non-hydrogen) atoms. The first kappa shape index (κ1) is 32.5. The van der Waals surface area contributed by atoms with Crippen LogP contribution >= 0.6 is 11.3 Å². The molecule has 0 spiro atoms. The Bertz CT molecular complexity index is 3050. The molecule has 0 fully saturated rings. The highest BCUT2D eigenvalue weighted by Gasteiger charge is 2.24. The summed E-state index contributed by atoms with van der Waals surface area (Å²) in [5.41, 5.74) is 11.0. The second-order valence-corrected chi connectivity index (χ2v) is 15.4. The lowest BCUT2D eigenvalue weighted by Gasteiger charge is -2.18. The van der Waals surface area contributed by atoms with Gasteiger partial charge in [0.1, 0.15) is 11.3 Å². The smallest absolute Gasteiger partial charge is 0.164 e. The highest BCUT2D eigenvalue weighted by Crippen LogP contribution is 2.43. The summed E-state index contributed by atoms with van der Waals surface area (Å²) in [5.74, 6) is 3.09. The van der Waals surface area contributed by atoms with Gasteiger partial charge in [0, 0.05) is 53.7 Å². The van der Waals surface area contributed by atoms with Crippen LogP contribution in [0.2, 0.25) is 0 Å². The van der Waals surface area contributed by atoms with Crippen LogP contribution in [0.25, 0.3) is 93.6 Å². The Kier molecular flexibility index (Phi) is 7.78. The summed E-state index contributed by atoms with van der Waals surface area (Å²) in [6, 6.07) is 59.7. The van der Waals surface area contributed by atoms with Crippen LogP contribution in [0, 0.1) is 0 Å². The fraction of sp³-hybridized carbons (Fsp3) is 0.0392. The number of nitrogens with zero attached hydrogens (tertiary/aromatic N) is 3. The minimum absolute atomic E-state index is 0.226. The first-order valence-electron chi connectivity index (χ1n) is 18.9. The maximum atomic E-state index is 6.53. The van der Waals surface area contributed by atoms with Gasteiger partial charge in [-0.1, -0.05) is 146 Å². The maximum absolute atomic E-state index is 6.53. The predicted molar refractivity (Wildman–Crippen MR) is 232 cm³/mol. The number of hydrogen-bond acceptors (Lipinski definition) is 5. The molecule has 0 radical (unpaired) electrons. The molecule has 5 heteroatoms. The molecule has 0 N–H and O–H groups in total. The third kappa shape index (κ3) is 5.72. The summed E-state index contributed by atoms with van der Waals surface area (Å²) in [6.07, 6.45) is 5.34. The van der Waals surface area contributed by atoms with Gasteiger partial charge in [-0.3, -0.25) is 0 Å². The van der Waals surface area contributed by atoms with E-state index in [-0.39, 0.29) is 5.92 Å². The summed E-state index contributed by atoms with van der Waals surface area (Å²) in [5, 5.41) is 3.79. The highest BCUT2D eigenvalue weighted by atomic mass is 32.1. The molecule has 3 heterocycles. The van der Waals surface area contributed by atoms with E-state index in [1.807, 2.05) is 72.0 Å². The van der Waals surface area contributed by atoms with Crippen molar-refractivity contribution in [3.8, 4) is 56.4 Å². The zero-order chi connectivity index (χ0) is 37.0. The SMILES string of the molecule is C1=CC(c2ccc3sc4cc(-c5ccccc5)ccc4c3c2)Cc2c1oc1cccc(-c3cccc(-c4nc(-c5ccccc5)nc(-c5ccccc5)n4)c3)c21. The lowest BCUT2D eigenvalue weighted by molar-refractivity contribution is 0.592. The number of hydrogen-bond donors (Lipinski definition) is 0. The number of furan rings is 1. The van der Waals surface area contributed by atoms with E-state index in [2.05, 4.69) is 121 Å². The Morgan fingerprint density at radius 1 is 0.482 bits per heavy atom. The molecule has 11 rings (SSSR count). The minimum atomic E-state index is 0.226. The average molecular weight is 736 g/mol. The summed E-state index contributed by atoms with van der Waals surface area (Å²) < 4.78 is 9.16. The number of fused-ring (bicyclic) bond motifs is 6. The highest BCUT2D eigenvalue weighted by molar-refractivity contribution is 7.25. The standard InChI is InChI=1S/C51H33N3OS/c1-4-12-32(13-5-1)37-22-25-41-42-29-36(24-27-46(42)56-47(41)31-37)35-23-26-44-43(30-35)48-40(20-11-21-45(48)55-44)38-18-10-19-39(28-38)51-53-49(33-14-6-2-7-15-33)52-50(54-51)34-16-8-3-9-17-34/h1-29,31,35H,30H2. The molecular formula is C51H33N3OS. The van der Waals surface area contributed by atoms with Crippen molar-refractivity contribution in [1.29, 1.82) is 0 Å². The van der Waals surface area contributed by atoms with Crippen LogP contribution in [0.4, 0.5) is 0 Å². The molecule has 0 amide bonds. The third-order valence-corrected chi connectivity index (χ3v) is 12.0. The monoisotopic (exact) mass is 735 g/mol. The van der Waals surface area contributed by atoms with Crippen molar-refractivity contribution in [2.45, 2.75) is 12.3 Å². The first-order chi connectivity index (χ1) is 27.7. The van der Waals surface area contributed by atoms with E-state index in [0.29, 0.717) is 17.5 Å². The maximum Gasteiger partial charge on any atom is 0.164 e. The van der Waals surface area contributed by atoms with E-state index in [0.717, 1.165) is 51.0 Å². The summed E-state index contributed by atoms with van der Waals surface area (Å²) in [6.45, 7) is 0. The van der Waals surface area contributed by atoms with E-state index < -0.39 is 0 Å². The molecule has 264 valence electrons. The Hall–Kier alpha value is -6.95. The summed E-state index contributed by atoms with van der Waals surface area (Å²) in [7, 11) is 0. The van der Waals surface area contributed by atoms with Crippen molar-refractivity contribution >= 4 is 48.6 Å². The van der Waals surface area contributed by atoms with Crippen LogP contribution in [0.5, 0.6) is 0 Å². The Balaban J connectivity index is 0.963. The molecule has 0 saturated carbocycles. The number of thiophene rings is 1. The van der Waals surface area contributed by atoms with Crippen molar-refractivity contribution in [2.24, 2.45) is 0 Å². The summed E-state index contributed by atoms with van der Waals surface area (Å²) >= 11 is 1.87. The fourth-order valence-corrected chi connectivity index (χ4v) is 9.25. The van der Waals surface area contributed by atoms with E-state index >= 15 is 0 Å². The minimum Gasteiger partial charge on any atom is -0.456 e. The van der Waals surface area contributed by atoms with Crippen LogP contribution in [0.15, 0.2) is 180 Å². The van der Waals surface area contributed by atoms with Crippen LogP contribution in [-0.2, 0) is 6.42 Å². The number of benzene rings is 7. The van der Waals surface area contributed by atoms with Crippen molar-refractivity contribution in [1.82, 2.24) is 15.0 Å². The van der Waals surface area contributed by atoms with Gasteiger partial charge in [-0.05, 0) is 70.6 Å². The van der Waals surface area contributed by atoms with Gasteiger partial charge in [-0.25, -0.2) is 15.0 Å². The molecule has 1 aliphatic carbocycles. The van der Waals surface area contributed by atoms with Gasteiger partial charge in [0.2, 0.25) is 0 Å². The van der Waals surface area contributed by atoms with Gasteiger partial charge < -0.3 is 4.42 Å². The molecule has 4 nitrogen and oxygen atoms in total. The van der Waals surface area contributed by atoms with Crippen LogP contribution in [0.3, 0.4) is 0 Å². The molecule has 0 bridgehead atoms. The van der Waals surface area contributed by atoms with E-state index in [1.165, 1.54) is 42.4 Å². The molecule has 1 unspecified atom stereocenters. The van der Waals surface area contributed by atoms with E-state index in [1.54, 1.807) is 0 Å². The molecule has 0 aliphatic heterocycles. The number of allylic oxidation sites excluding steroid dienone is 1. The first-order valence-corrected chi connectivity index (χ1v) is 19.8. The van der Waals surface area contributed by atoms with Gasteiger partial charge in [0.15, 0.2) is 17.5 Å². The fourth-order valence-electron chi connectivity index (χ4n) is 8.13. The van der Waals surface area contributed by atoms with Gasteiger partial charge in [0.05, 0.1) is 0 Å². The lowest BCUT2D eigenvalue weighted by Crippen LogP contribution is -2.04. The van der Waals surface area contributed by atoms with E-state index in [9.17, 15) is 0 Å². The Morgan fingerprint density at radius 2 is 1.12 bits per heavy atom. The molecule has 3 aromatic heterocycles. The summed E-state index contributed by atoms with van der Waals surface area (Å²) in [4.78, 5) is 14.9. The van der Waals surface area contributed by atoms with Gasteiger partial charge >= 0.3 is 0 Å². The zero-order valence-corrected chi connectivity index (χ0v) is 31.1. The normalized spacial score (nSPS) is 13.8. The lowest BCUT2D eigenvalue weighted by atomic mass is 9.85. The molecular weight excluding hydrogens is 703 g/mol. The number of rotatable bonds is 6. The van der Waals surface area contributed by atoms with Crippen molar-refractivity contribution in [3.63, 3.8) is 0 Å². The molecule has 7 aromatic carbocycles. The van der Waals surface area contributed by atoms with Crippen molar-refractivity contribution in [2.75, 3.05) is 0 Å². The third-order valence-electron chi connectivity index (χ3n) is 10.9. The molecule has 10 aromatic rings. The van der Waals surface area contributed by atoms with Crippen LogP contribution in [-0.4, -0.2) is 15.0 Å². The van der Waals surface area contributed by atoms with Crippen LogP contribution in [0.1, 0.15) is 22.8 Å². The second-order valence-electron chi connectivity index (χ2n) is 14.3. The van der Waals surface area contributed by atoms with E-state index in [4.69, 9.17) is 19.4 Å². The second kappa shape index (κ2) is 13.4. The quantitative estimate of drug-likeness (QED) is 0.171. The predicted octanol–water partition coefficient (Wildman–Crippen LogP) is 13.7. The van der Waals surface area contributed by atoms with Crippen molar-refractivity contribution in [3.05, 3.63) is 193 Å². The average Bonchev–Trinajstić information content (AvgIpc) is 3.84. The molecule has 1 atom stereocenters. The van der Waals surface area contributed by atoms with Crippen molar-refractivity contribution < 1.29 is 4.42 Å². The molecule has 0 saturated heterocycles. The topological polar surface area (TPSA) is 51.8 Å². The molecule has 1 aliphatic rings. The van der Waals surface area contributed by atoms with Crippen LogP contribution < -0.4 is 0 Å². The van der Waals surface area contributed by atoms with Gasteiger partial charge in [-0.2, -0.15) is 0 Å². The number of aromatic nitrogens is 3.